The molecule has 1 nitrogen and oxygen atoms in total. The van der Waals surface area contributed by atoms with Crippen molar-refractivity contribution in [2.75, 3.05) is 11.9 Å². The Balaban J connectivity index is 2.61. The summed E-state index contributed by atoms with van der Waals surface area (Å²) < 4.78 is 0. The molecule has 16 heavy (non-hydrogen) atoms. The second-order valence-corrected chi connectivity index (χ2v) is 6.54. The lowest BCUT2D eigenvalue weighted by Gasteiger charge is -2.37. The minimum absolute atomic E-state index is 0.214. The lowest BCUT2D eigenvalue weighted by atomic mass is 9.74. The number of nitrogens with one attached hydrogen (secondary N) is 1. The van der Waals surface area contributed by atoms with Crippen LogP contribution in [0.2, 0.25) is 0 Å². The van der Waals surface area contributed by atoms with Gasteiger partial charge in [-0.3, -0.25) is 0 Å². The minimum atomic E-state index is 0.214. The zero-order valence-electron chi connectivity index (χ0n) is 11.1. The van der Waals surface area contributed by atoms with Crippen molar-refractivity contribution < 1.29 is 0 Å². The van der Waals surface area contributed by atoms with E-state index in [9.17, 15) is 0 Å². The van der Waals surface area contributed by atoms with Crippen LogP contribution >= 0.6 is 0 Å². The smallest absolute Gasteiger partial charge is 0.0416 e. The molecule has 0 saturated carbocycles. The number of rotatable bonds is 0. The molecule has 1 aliphatic rings. The fourth-order valence-corrected chi connectivity index (χ4v) is 2.57. The summed E-state index contributed by atoms with van der Waals surface area (Å²) in [6.45, 7) is 12.6. The molecule has 0 atom stereocenters. The molecule has 0 amide bonds. The van der Waals surface area contributed by atoms with Crippen LogP contribution in [-0.4, -0.2) is 6.54 Å². The molecule has 88 valence electrons. The SMILES string of the molecule is CC(C)(C)c1cccc2c1NCCC2(C)C. The number of hydrogen-bond donors (Lipinski definition) is 1. The molecule has 1 N–H and O–H groups in total. The van der Waals surface area contributed by atoms with Crippen LogP contribution in [0.25, 0.3) is 0 Å². The van der Waals surface area contributed by atoms with E-state index in [0.717, 1.165) is 6.54 Å². The zero-order valence-corrected chi connectivity index (χ0v) is 11.1. The maximum atomic E-state index is 3.59. The summed E-state index contributed by atoms with van der Waals surface area (Å²) in [5, 5.41) is 3.59. The monoisotopic (exact) mass is 217 g/mol. The maximum Gasteiger partial charge on any atom is 0.0416 e. The van der Waals surface area contributed by atoms with E-state index in [0.29, 0.717) is 5.41 Å². The zero-order chi connectivity index (χ0) is 12.0. The highest BCUT2D eigenvalue weighted by molar-refractivity contribution is 5.63. The Bertz CT molecular complexity index is 382. The van der Waals surface area contributed by atoms with Crippen molar-refractivity contribution in [3.63, 3.8) is 0 Å². The third-order valence-electron chi connectivity index (χ3n) is 3.65. The largest absolute Gasteiger partial charge is 0.385 e. The molecule has 0 unspecified atom stereocenters. The van der Waals surface area contributed by atoms with Crippen molar-refractivity contribution >= 4 is 5.69 Å². The molecule has 0 spiro atoms. The van der Waals surface area contributed by atoms with Crippen molar-refractivity contribution in [3.05, 3.63) is 29.3 Å². The first-order chi connectivity index (χ1) is 7.32. The average Bonchev–Trinajstić information content (AvgIpc) is 2.15. The average molecular weight is 217 g/mol. The van der Waals surface area contributed by atoms with Crippen LogP contribution < -0.4 is 5.32 Å². The van der Waals surface area contributed by atoms with Gasteiger partial charge in [-0.25, -0.2) is 0 Å². The van der Waals surface area contributed by atoms with Gasteiger partial charge in [-0.1, -0.05) is 52.8 Å². The van der Waals surface area contributed by atoms with Gasteiger partial charge >= 0.3 is 0 Å². The predicted molar refractivity (Wildman–Crippen MR) is 71.3 cm³/mol. The van der Waals surface area contributed by atoms with Crippen LogP contribution in [-0.2, 0) is 10.8 Å². The van der Waals surface area contributed by atoms with Crippen LogP contribution in [0.4, 0.5) is 5.69 Å². The summed E-state index contributed by atoms with van der Waals surface area (Å²) in [5.41, 5.74) is 4.82. The highest BCUT2D eigenvalue weighted by Gasteiger charge is 2.30. The first-order valence-electron chi connectivity index (χ1n) is 6.20. The number of anilines is 1. The highest BCUT2D eigenvalue weighted by atomic mass is 14.9. The van der Waals surface area contributed by atoms with E-state index in [2.05, 4.69) is 58.1 Å². The topological polar surface area (TPSA) is 12.0 Å². The van der Waals surface area contributed by atoms with Gasteiger partial charge in [0.2, 0.25) is 0 Å². The van der Waals surface area contributed by atoms with Crippen molar-refractivity contribution in [2.45, 2.75) is 51.9 Å². The second kappa shape index (κ2) is 3.51. The Hall–Kier alpha value is -0.980. The fraction of sp³-hybridized carbons (Fsp3) is 0.600. The van der Waals surface area contributed by atoms with Gasteiger partial charge in [0, 0.05) is 12.2 Å². The molecular formula is C15H23N. The normalized spacial score (nSPS) is 18.8. The molecular weight excluding hydrogens is 194 g/mol. The van der Waals surface area contributed by atoms with Gasteiger partial charge < -0.3 is 5.32 Å². The van der Waals surface area contributed by atoms with Crippen molar-refractivity contribution in [1.82, 2.24) is 0 Å². The lowest BCUT2D eigenvalue weighted by Crippen LogP contribution is -2.30. The van der Waals surface area contributed by atoms with E-state index in [4.69, 9.17) is 0 Å². The Morgan fingerprint density at radius 3 is 2.50 bits per heavy atom. The molecule has 0 saturated heterocycles. The molecule has 0 radical (unpaired) electrons. The maximum absolute atomic E-state index is 3.59. The van der Waals surface area contributed by atoms with E-state index in [1.165, 1.54) is 23.2 Å². The van der Waals surface area contributed by atoms with Crippen LogP contribution in [0.15, 0.2) is 18.2 Å². The van der Waals surface area contributed by atoms with Crippen LogP contribution in [0.5, 0.6) is 0 Å². The van der Waals surface area contributed by atoms with Crippen molar-refractivity contribution in [2.24, 2.45) is 0 Å². The van der Waals surface area contributed by atoms with Crippen LogP contribution in [0.3, 0.4) is 0 Å². The molecule has 0 bridgehead atoms. The highest BCUT2D eigenvalue weighted by Crippen LogP contribution is 2.41. The van der Waals surface area contributed by atoms with Crippen molar-refractivity contribution in [1.29, 1.82) is 0 Å². The summed E-state index contributed by atoms with van der Waals surface area (Å²) in [6, 6.07) is 6.73. The number of para-hydroxylation sites is 1. The van der Waals surface area contributed by atoms with E-state index < -0.39 is 0 Å². The minimum Gasteiger partial charge on any atom is -0.385 e. The molecule has 0 aromatic heterocycles. The Labute approximate surface area is 99.3 Å². The molecule has 1 aromatic carbocycles. The first-order valence-corrected chi connectivity index (χ1v) is 6.20. The Morgan fingerprint density at radius 2 is 1.88 bits per heavy atom. The summed E-state index contributed by atoms with van der Waals surface area (Å²) in [4.78, 5) is 0. The predicted octanol–water partition coefficient (Wildman–Crippen LogP) is 4.08. The molecule has 1 aromatic rings. The molecule has 2 rings (SSSR count). The van der Waals surface area contributed by atoms with Gasteiger partial charge in [0.05, 0.1) is 0 Å². The first kappa shape index (κ1) is 11.5. The van der Waals surface area contributed by atoms with Gasteiger partial charge in [0.25, 0.3) is 0 Å². The van der Waals surface area contributed by atoms with Gasteiger partial charge in [0.1, 0.15) is 0 Å². The van der Waals surface area contributed by atoms with Gasteiger partial charge in [-0.05, 0) is 28.4 Å². The molecule has 0 fully saturated rings. The third-order valence-corrected chi connectivity index (χ3v) is 3.65. The number of fused-ring (bicyclic) bond motifs is 1. The molecule has 1 aliphatic heterocycles. The van der Waals surface area contributed by atoms with E-state index >= 15 is 0 Å². The molecule has 1 heteroatoms. The summed E-state index contributed by atoms with van der Waals surface area (Å²) in [7, 11) is 0. The standard InChI is InChI=1S/C15H23N/c1-14(2,3)11-7-6-8-12-13(11)16-10-9-15(12,4)5/h6-8,16H,9-10H2,1-5H3. The van der Waals surface area contributed by atoms with Gasteiger partial charge in [0.15, 0.2) is 0 Å². The molecule has 0 aliphatic carbocycles. The summed E-state index contributed by atoms with van der Waals surface area (Å²) >= 11 is 0. The fourth-order valence-electron chi connectivity index (χ4n) is 2.57. The van der Waals surface area contributed by atoms with Crippen LogP contribution in [0, 0.1) is 0 Å². The van der Waals surface area contributed by atoms with E-state index in [-0.39, 0.29) is 5.41 Å². The summed E-state index contributed by atoms with van der Waals surface area (Å²) in [6.07, 6.45) is 1.22. The quantitative estimate of drug-likeness (QED) is 0.690. The van der Waals surface area contributed by atoms with E-state index in [1.54, 1.807) is 0 Å². The Morgan fingerprint density at radius 1 is 1.19 bits per heavy atom. The molecule has 1 heterocycles. The third kappa shape index (κ3) is 1.83. The van der Waals surface area contributed by atoms with Crippen molar-refractivity contribution in [3.8, 4) is 0 Å². The lowest BCUT2D eigenvalue weighted by molar-refractivity contribution is 0.477. The summed E-state index contributed by atoms with van der Waals surface area (Å²) in [5.74, 6) is 0. The van der Waals surface area contributed by atoms with Gasteiger partial charge in [-0.15, -0.1) is 0 Å². The number of hydrogen-bond acceptors (Lipinski definition) is 1. The number of benzene rings is 1. The van der Waals surface area contributed by atoms with Crippen LogP contribution in [0.1, 0.15) is 52.2 Å². The van der Waals surface area contributed by atoms with E-state index in [1.807, 2.05) is 0 Å². The second-order valence-electron chi connectivity index (χ2n) is 6.54. The van der Waals surface area contributed by atoms with Gasteiger partial charge in [-0.2, -0.15) is 0 Å². The Kier molecular flexibility index (Phi) is 2.52.